The predicted molar refractivity (Wildman–Crippen MR) is 172 cm³/mol. The predicted octanol–water partition coefficient (Wildman–Crippen LogP) is 14.3. The molecule has 0 aliphatic heterocycles. The molecule has 0 saturated carbocycles. The normalized spacial score (nSPS) is 11.4. The Labute approximate surface area is 237 Å². The Kier molecular flexibility index (Phi) is 35.5. The highest BCUT2D eigenvalue weighted by Gasteiger charge is 1.97. The van der Waals surface area contributed by atoms with Gasteiger partial charge in [0.1, 0.15) is 0 Å². The third-order valence-electron chi connectivity index (χ3n) is 8.47. The van der Waals surface area contributed by atoms with Crippen molar-refractivity contribution in [2.75, 3.05) is 0 Å². The highest BCUT2D eigenvalue weighted by Crippen LogP contribution is 2.17. The van der Waals surface area contributed by atoms with Crippen LogP contribution in [0.1, 0.15) is 225 Å². The summed E-state index contributed by atoms with van der Waals surface area (Å²) in [6.45, 7) is 7.73. The van der Waals surface area contributed by atoms with Gasteiger partial charge in [-0.1, -0.05) is 225 Å². The van der Waals surface area contributed by atoms with Crippen molar-refractivity contribution in [1.29, 1.82) is 0 Å². The van der Waals surface area contributed by atoms with E-state index >= 15 is 0 Å². The molecule has 37 heavy (non-hydrogen) atoms. The molecule has 0 aliphatic rings. The molecule has 0 heteroatoms. The Hall–Kier alpha value is -0.260. The number of unbranched alkanes of at least 4 members (excludes halogenated alkanes) is 33. The molecule has 0 aromatic heterocycles. The van der Waals surface area contributed by atoms with E-state index in [4.69, 9.17) is 6.58 Å². The summed E-state index contributed by atoms with van der Waals surface area (Å²) in [5.41, 5.74) is 0. The Morgan fingerprint density at radius 2 is 0.432 bits per heavy atom. The summed E-state index contributed by atoms with van der Waals surface area (Å²) in [5.74, 6) is 0. The second-order valence-electron chi connectivity index (χ2n) is 12.3. The van der Waals surface area contributed by atoms with Gasteiger partial charge in [-0.3, -0.25) is 0 Å². The SMILES string of the molecule is [CH]=CCCCCCCCCCCCCCCCCCCCCCCCCCCCCCCCCCCC. The Morgan fingerprint density at radius 3 is 0.595 bits per heavy atom. The van der Waals surface area contributed by atoms with Gasteiger partial charge in [0.15, 0.2) is 0 Å². The lowest BCUT2D eigenvalue weighted by molar-refractivity contribution is 0.511. The van der Waals surface area contributed by atoms with Crippen molar-refractivity contribution in [3.63, 3.8) is 0 Å². The molecule has 0 heterocycles. The monoisotopic (exact) mass is 518 g/mol. The van der Waals surface area contributed by atoms with Crippen molar-refractivity contribution in [1.82, 2.24) is 0 Å². The molecule has 221 valence electrons. The van der Waals surface area contributed by atoms with Crippen LogP contribution in [0.5, 0.6) is 0 Å². The molecule has 0 N–H and O–H groups in total. The van der Waals surface area contributed by atoms with Crippen LogP contribution < -0.4 is 0 Å². The van der Waals surface area contributed by atoms with Crippen LogP contribution in [0.4, 0.5) is 0 Å². The van der Waals surface area contributed by atoms with E-state index in [1.807, 2.05) is 6.08 Å². The maximum atomic E-state index is 5.42. The van der Waals surface area contributed by atoms with Crippen LogP contribution in [0, 0.1) is 6.58 Å². The van der Waals surface area contributed by atoms with E-state index in [9.17, 15) is 0 Å². The average molecular weight is 518 g/mol. The lowest BCUT2D eigenvalue weighted by Crippen LogP contribution is -1.85. The van der Waals surface area contributed by atoms with Crippen molar-refractivity contribution < 1.29 is 0 Å². The van der Waals surface area contributed by atoms with E-state index in [0.717, 1.165) is 6.42 Å². The Morgan fingerprint density at radius 1 is 0.270 bits per heavy atom. The summed E-state index contributed by atoms with van der Waals surface area (Å²) in [6.07, 6.45) is 51.3. The minimum absolute atomic E-state index is 1.10. The third-order valence-corrected chi connectivity index (χ3v) is 8.47. The first kappa shape index (κ1) is 36.7. The van der Waals surface area contributed by atoms with Crippen LogP contribution in [0.15, 0.2) is 6.08 Å². The van der Waals surface area contributed by atoms with Crippen molar-refractivity contribution >= 4 is 0 Å². The van der Waals surface area contributed by atoms with E-state index in [0.29, 0.717) is 0 Å². The first-order valence-corrected chi connectivity index (χ1v) is 17.9. The van der Waals surface area contributed by atoms with Crippen molar-refractivity contribution in [2.45, 2.75) is 225 Å². The van der Waals surface area contributed by atoms with Gasteiger partial charge in [-0.15, -0.1) is 0 Å². The lowest BCUT2D eigenvalue weighted by Gasteiger charge is -2.05. The lowest BCUT2D eigenvalue weighted by atomic mass is 10.0. The van der Waals surface area contributed by atoms with Crippen LogP contribution in [-0.4, -0.2) is 0 Å². The summed E-state index contributed by atoms with van der Waals surface area (Å²) < 4.78 is 0. The molecule has 0 bridgehead atoms. The zero-order chi connectivity index (χ0) is 26.7. The molecule has 0 fully saturated rings. The first-order chi connectivity index (χ1) is 18.4. The number of allylic oxidation sites excluding steroid dienone is 1. The van der Waals surface area contributed by atoms with Gasteiger partial charge in [0.25, 0.3) is 0 Å². The molecule has 0 amide bonds. The van der Waals surface area contributed by atoms with Crippen molar-refractivity contribution in [3.8, 4) is 0 Å². The minimum atomic E-state index is 1.10. The average Bonchev–Trinajstić information content (AvgIpc) is 2.91. The van der Waals surface area contributed by atoms with Crippen LogP contribution in [0.25, 0.3) is 0 Å². The standard InChI is InChI=1S/C37H73/c1-3-5-7-9-11-13-15-17-19-21-23-25-27-29-31-33-35-37-36-34-32-30-28-26-24-22-20-18-16-14-12-10-8-6-4-2/h1,3H,4-37H2,2H3. The molecule has 0 spiro atoms. The molecule has 0 unspecified atom stereocenters. The molecule has 1 radical (unpaired) electrons. The maximum Gasteiger partial charge on any atom is -0.0348 e. The fourth-order valence-electron chi connectivity index (χ4n) is 5.82. The van der Waals surface area contributed by atoms with Gasteiger partial charge < -0.3 is 0 Å². The number of hydrogen-bond donors (Lipinski definition) is 0. The maximum absolute atomic E-state index is 5.42. The van der Waals surface area contributed by atoms with Crippen molar-refractivity contribution in [2.24, 2.45) is 0 Å². The van der Waals surface area contributed by atoms with Gasteiger partial charge in [0.05, 0.1) is 0 Å². The smallest absolute Gasteiger partial charge is 0.0348 e. The highest BCUT2D eigenvalue weighted by molar-refractivity contribution is 4.61. The molecule has 0 aromatic carbocycles. The van der Waals surface area contributed by atoms with E-state index in [-0.39, 0.29) is 0 Å². The van der Waals surface area contributed by atoms with Gasteiger partial charge in [-0.05, 0) is 12.8 Å². The molecule has 0 rings (SSSR count). The van der Waals surface area contributed by atoms with Crippen LogP contribution in [0.3, 0.4) is 0 Å². The zero-order valence-electron chi connectivity index (χ0n) is 26.2. The van der Waals surface area contributed by atoms with E-state index < -0.39 is 0 Å². The van der Waals surface area contributed by atoms with Gasteiger partial charge in [0.2, 0.25) is 0 Å². The van der Waals surface area contributed by atoms with Crippen LogP contribution in [0.2, 0.25) is 0 Å². The van der Waals surface area contributed by atoms with E-state index in [1.165, 1.54) is 212 Å². The topological polar surface area (TPSA) is 0 Å². The second kappa shape index (κ2) is 35.7. The van der Waals surface area contributed by atoms with Gasteiger partial charge in [0, 0.05) is 0 Å². The number of rotatable bonds is 34. The first-order valence-electron chi connectivity index (χ1n) is 17.9. The largest absolute Gasteiger partial charge is 0.0845 e. The minimum Gasteiger partial charge on any atom is -0.0845 e. The van der Waals surface area contributed by atoms with E-state index in [1.54, 1.807) is 0 Å². The molecular formula is C37H73. The second-order valence-corrected chi connectivity index (χ2v) is 12.3. The molecule has 0 aromatic rings. The summed E-state index contributed by atoms with van der Waals surface area (Å²) in [5, 5.41) is 0. The van der Waals surface area contributed by atoms with Gasteiger partial charge in [-0.25, -0.2) is 0 Å². The molecule has 0 aliphatic carbocycles. The number of hydrogen-bond acceptors (Lipinski definition) is 0. The Balaban J connectivity index is 3.01. The van der Waals surface area contributed by atoms with Crippen LogP contribution >= 0.6 is 0 Å². The molecule has 0 atom stereocenters. The van der Waals surface area contributed by atoms with E-state index in [2.05, 4.69) is 6.92 Å². The Bertz CT molecular complexity index is 383. The molecule has 0 nitrogen and oxygen atoms in total. The highest BCUT2D eigenvalue weighted by atomic mass is 14.0. The quantitative estimate of drug-likeness (QED) is 0.0744. The van der Waals surface area contributed by atoms with Gasteiger partial charge >= 0.3 is 0 Å². The van der Waals surface area contributed by atoms with Crippen LogP contribution in [-0.2, 0) is 0 Å². The van der Waals surface area contributed by atoms with Gasteiger partial charge in [-0.2, -0.15) is 0 Å². The summed E-state index contributed by atoms with van der Waals surface area (Å²) in [4.78, 5) is 0. The summed E-state index contributed by atoms with van der Waals surface area (Å²) in [7, 11) is 0. The fourth-order valence-corrected chi connectivity index (χ4v) is 5.82. The third kappa shape index (κ3) is 35.7. The summed E-state index contributed by atoms with van der Waals surface area (Å²) in [6, 6.07) is 0. The van der Waals surface area contributed by atoms with Crippen molar-refractivity contribution in [3.05, 3.63) is 12.7 Å². The summed E-state index contributed by atoms with van der Waals surface area (Å²) >= 11 is 0. The zero-order valence-corrected chi connectivity index (χ0v) is 26.2. The fraction of sp³-hybridized carbons (Fsp3) is 0.946. The molecular weight excluding hydrogens is 444 g/mol. The molecule has 0 saturated heterocycles.